The second kappa shape index (κ2) is 10.0. The Morgan fingerprint density at radius 3 is 1.56 bits per heavy atom. The van der Waals surface area contributed by atoms with Crippen LogP contribution in [0.2, 0.25) is 0 Å². The quantitative estimate of drug-likeness (QED) is 0.339. The zero-order valence-corrected chi connectivity index (χ0v) is 21.4. The summed E-state index contributed by atoms with van der Waals surface area (Å²) in [4.78, 5) is 0. The summed E-state index contributed by atoms with van der Waals surface area (Å²) in [6, 6.07) is 13.5. The van der Waals surface area contributed by atoms with Crippen molar-refractivity contribution in [3.8, 4) is 11.4 Å². The van der Waals surface area contributed by atoms with Crippen molar-refractivity contribution in [1.29, 1.82) is 0 Å². The van der Waals surface area contributed by atoms with Crippen LogP contribution in [0.25, 0.3) is 11.4 Å². The molecule has 0 spiro atoms. The van der Waals surface area contributed by atoms with Crippen molar-refractivity contribution < 1.29 is 9.30 Å². The molecule has 3 aromatic rings. The van der Waals surface area contributed by atoms with E-state index in [1.54, 1.807) is 7.11 Å². The standard InChI is InChI=1S/C29H41N2O/c1-19(2)23-12-10-13-24(20(3)4)28(23)30-16-17-31(27(30)18-32-9)29-25(21(5)6)14-11-15-26(29)22(7)8/h10-17,19-22H,18H2,1-9H3/q+1. The number of methoxy groups -OCH3 is 1. The Morgan fingerprint density at radius 1 is 0.719 bits per heavy atom. The number of rotatable bonds is 8. The first-order valence-corrected chi connectivity index (χ1v) is 12.1. The van der Waals surface area contributed by atoms with Gasteiger partial charge in [0, 0.05) is 29.4 Å². The molecule has 3 heteroatoms. The van der Waals surface area contributed by atoms with Crippen LogP contribution in [0.15, 0.2) is 48.8 Å². The third-order valence-electron chi connectivity index (χ3n) is 6.36. The molecule has 3 rings (SSSR count). The van der Waals surface area contributed by atoms with Gasteiger partial charge in [0.25, 0.3) is 5.82 Å². The number of para-hydroxylation sites is 2. The Kier molecular flexibility index (Phi) is 7.61. The summed E-state index contributed by atoms with van der Waals surface area (Å²) < 4.78 is 10.5. The fourth-order valence-corrected chi connectivity index (χ4v) is 4.68. The van der Waals surface area contributed by atoms with Gasteiger partial charge in [-0.05, 0) is 23.7 Å². The van der Waals surface area contributed by atoms with Gasteiger partial charge < -0.3 is 4.74 Å². The molecule has 0 aliphatic carbocycles. The number of aromatic nitrogens is 2. The lowest BCUT2D eigenvalue weighted by molar-refractivity contribution is -0.607. The van der Waals surface area contributed by atoms with Crippen LogP contribution >= 0.6 is 0 Å². The fourth-order valence-electron chi connectivity index (χ4n) is 4.68. The van der Waals surface area contributed by atoms with Crippen LogP contribution in [0.3, 0.4) is 0 Å². The van der Waals surface area contributed by atoms with Gasteiger partial charge in [0.1, 0.15) is 30.4 Å². The topological polar surface area (TPSA) is 18.0 Å². The van der Waals surface area contributed by atoms with E-state index in [0.29, 0.717) is 30.3 Å². The van der Waals surface area contributed by atoms with Gasteiger partial charge in [-0.25, -0.2) is 0 Å². The van der Waals surface area contributed by atoms with E-state index in [-0.39, 0.29) is 0 Å². The Labute approximate surface area is 195 Å². The van der Waals surface area contributed by atoms with Gasteiger partial charge in [-0.15, -0.1) is 0 Å². The Morgan fingerprint density at radius 2 is 1.16 bits per heavy atom. The summed E-state index contributed by atoms with van der Waals surface area (Å²) in [5.41, 5.74) is 8.10. The molecular weight excluding hydrogens is 392 g/mol. The second-order valence-electron chi connectivity index (χ2n) is 10.1. The van der Waals surface area contributed by atoms with Crippen molar-refractivity contribution in [2.45, 2.75) is 85.7 Å². The van der Waals surface area contributed by atoms with Gasteiger partial charge in [-0.2, -0.15) is 9.13 Å². The van der Waals surface area contributed by atoms with Gasteiger partial charge in [0.2, 0.25) is 0 Å². The minimum absolute atomic E-state index is 0.434. The second-order valence-corrected chi connectivity index (χ2v) is 10.1. The minimum Gasteiger partial charge on any atom is -0.372 e. The highest BCUT2D eigenvalue weighted by molar-refractivity contribution is 5.52. The first-order chi connectivity index (χ1) is 15.2. The Balaban J connectivity index is 2.39. The molecule has 0 unspecified atom stereocenters. The molecule has 1 heterocycles. The summed E-state index contributed by atoms with van der Waals surface area (Å²) in [6.45, 7) is 18.8. The monoisotopic (exact) mass is 433 g/mol. The van der Waals surface area contributed by atoms with E-state index < -0.39 is 0 Å². The van der Waals surface area contributed by atoms with Crippen LogP contribution in [0, 0.1) is 0 Å². The number of hydrogen-bond acceptors (Lipinski definition) is 1. The van der Waals surface area contributed by atoms with E-state index in [0.717, 1.165) is 5.82 Å². The molecular formula is C29H41N2O+. The van der Waals surface area contributed by atoms with Crippen LogP contribution in [0.1, 0.15) is 107 Å². The molecule has 172 valence electrons. The molecule has 3 nitrogen and oxygen atoms in total. The molecule has 0 fully saturated rings. The summed E-state index contributed by atoms with van der Waals surface area (Å²) in [5.74, 6) is 2.89. The number of benzene rings is 2. The predicted octanol–water partition coefficient (Wildman–Crippen LogP) is 7.39. The normalized spacial score (nSPS) is 12.0. The molecule has 1 aromatic heterocycles. The first kappa shape index (κ1) is 24.3. The predicted molar refractivity (Wildman–Crippen MR) is 134 cm³/mol. The van der Waals surface area contributed by atoms with Crippen LogP contribution < -0.4 is 4.57 Å². The van der Waals surface area contributed by atoms with Crippen molar-refractivity contribution in [3.05, 3.63) is 76.9 Å². The summed E-state index contributed by atoms with van der Waals surface area (Å²) in [6.07, 6.45) is 4.45. The molecule has 0 N–H and O–H groups in total. The smallest absolute Gasteiger partial charge is 0.293 e. The molecule has 0 radical (unpaired) electrons. The zero-order valence-electron chi connectivity index (χ0n) is 21.4. The molecule has 0 aliphatic rings. The molecule has 0 saturated heterocycles. The number of hydrogen-bond donors (Lipinski definition) is 0. The molecule has 0 aliphatic heterocycles. The SMILES string of the molecule is COCc1n(-c2c(C(C)C)cccc2C(C)C)cc[n+]1-c1c(C(C)C)cccc1C(C)C. The highest BCUT2D eigenvalue weighted by atomic mass is 16.5. The highest BCUT2D eigenvalue weighted by Gasteiger charge is 2.29. The molecule has 0 bridgehead atoms. The summed E-state index contributed by atoms with van der Waals surface area (Å²) >= 11 is 0. The van der Waals surface area contributed by atoms with Crippen molar-refractivity contribution in [2.24, 2.45) is 0 Å². The fraction of sp³-hybridized carbons (Fsp3) is 0.483. The average molecular weight is 434 g/mol. The highest BCUT2D eigenvalue weighted by Crippen LogP contribution is 2.33. The Hall–Kier alpha value is -2.39. The van der Waals surface area contributed by atoms with Crippen molar-refractivity contribution >= 4 is 0 Å². The maximum atomic E-state index is 5.77. The third-order valence-corrected chi connectivity index (χ3v) is 6.36. The van der Waals surface area contributed by atoms with E-state index in [9.17, 15) is 0 Å². The van der Waals surface area contributed by atoms with Gasteiger partial charge in [-0.3, -0.25) is 0 Å². The maximum absolute atomic E-state index is 5.77. The van der Waals surface area contributed by atoms with Crippen LogP contribution in [-0.2, 0) is 11.3 Å². The van der Waals surface area contributed by atoms with Gasteiger partial charge in [0.15, 0.2) is 0 Å². The van der Waals surface area contributed by atoms with E-state index in [2.05, 4.69) is 113 Å². The lowest BCUT2D eigenvalue weighted by Gasteiger charge is -2.19. The average Bonchev–Trinajstić information content (AvgIpc) is 3.15. The number of nitrogens with zero attached hydrogens (tertiary/aromatic N) is 2. The van der Waals surface area contributed by atoms with Gasteiger partial charge in [-0.1, -0.05) is 91.8 Å². The van der Waals surface area contributed by atoms with Crippen molar-refractivity contribution in [2.75, 3.05) is 7.11 Å². The van der Waals surface area contributed by atoms with Crippen LogP contribution in [0.4, 0.5) is 0 Å². The zero-order chi connectivity index (χ0) is 23.6. The van der Waals surface area contributed by atoms with Crippen LogP contribution in [0.5, 0.6) is 0 Å². The number of ether oxygens (including phenoxy) is 1. The van der Waals surface area contributed by atoms with E-state index in [1.807, 2.05) is 0 Å². The minimum atomic E-state index is 0.434. The lowest BCUT2D eigenvalue weighted by Crippen LogP contribution is -2.38. The van der Waals surface area contributed by atoms with Gasteiger partial charge >= 0.3 is 0 Å². The van der Waals surface area contributed by atoms with Crippen molar-refractivity contribution in [3.63, 3.8) is 0 Å². The largest absolute Gasteiger partial charge is 0.372 e. The van der Waals surface area contributed by atoms with E-state index in [4.69, 9.17) is 4.74 Å². The first-order valence-electron chi connectivity index (χ1n) is 12.1. The summed E-state index contributed by atoms with van der Waals surface area (Å²) in [7, 11) is 1.79. The third kappa shape index (κ3) is 4.54. The molecule has 2 aromatic carbocycles. The lowest BCUT2D eigenvalue weighted by atomic mass is 9.92. The Bertz CT molecular complexity index is 924. The molecule has 0 amide bonds. The van der Waals surface area contributed by atoms with Crippen LogP contribution in [-0.4, -0.2) is 11.7 Å². The number of imidazole rings is 1. The molecule has 0 atom stereocenters. The molecule has 32 heavy (non-hydrogen) atoms. The van der Waals surface area contributed by atoms with Crippen molar-refractivity contribution in [1.82, 2.24) is 4.57 Å². The maximum Gasteiger partial charge on any atom is 0.293 e. The van der Waals surface area contributed by atoms with Gasteiger partial charge in [0.05, 0.1) is 0 Å². The van der Waals surface area contributed by atoms with E-state index >= 15 is 0 Å². The molecule has 0 saturated carbocycles. The summed E-state index contributed by atoms with van der Waals surface area (Å²) in [5, 5.41) is 0. The van der Waals surface area contributed by atoms with E-state index in [1.165, 1.54) is 33.6 Å².